The average molecular weight is 434 g/mol. The minimum atomic E-state index is -3.83. The van der Waals surface area contributed by atoms with Crippen LogP contribution in [0.15, 0.2) is 71.6 Å². The second-order valence-electron chi connectivity index (χ2n) is 7.69. The van der Waals surface area contributed by atoms with Gasteiger partial charge in [-0.15, -0.1) is 0 Å². The third-order valence-corrected chi connectivity index (χ3v) is 6.86. The van der Waals surface area contributed by atoms with E-state index < -0.39 is 10.0 Å². The minimum Gasteiger partial charge on any atom is -0.507 e. The number of nitrogens with one attached hydrogen (secondary N) is 1. The monoisotopic (exact) mass is 433 g/mol. The lowest BCUT2D eigenvalue weighted by Gasteiger charge is -2.19. The molecule has 158 valence electrons. The van der Waals surface area contributed by atoms with E-state index in [1.54, 1.807) is 56.3 Å². The van der Waals surface area contributed by atoms with Crippen molar-refractivity contribution in [2.75, 3.05) is 4.72 Å². The molecule has 5 nitrogen and oxygen atoms in total. The Labute approximate surface area is 181 Å². The highest BCUT2D eigenvalue weighted by molar-refractivity contribution is 7.92. The molecule has 0 aromatic heterocycles. The van der Waals surface area contributed by atoms with Gasteiger partial charge in [0.15, 0.2) is 0 Å². The summed E-state index contributed by atoms with van der Waals surface area (Å²) in [6, 6.07) is 19.1. The molecule has 0 fully saturated rings. The molecule has 0 aliphatic heterocycles. The predicted molar refractivity (Wildman–Crippen MR) is 124 cm³/mol. The number of phenols is 2. The molecule has 6 heteroatoms. The summed E-state index contributed by atoms with van der Waals surface area (Å²) in [5.74, 6) is 0.0116. The van der Waals surface area contributed by atoms with Crippen molar-refractivity contribution in [2.45, 2.75) is 25.7 Å². The molecule has 4 aromatic rings. The summed E-state index contributed by atoms with van der Waals surface area (Å²) in [6.07, 6.45) is 0. The summed E-state index contributed by atoms with van der Waals surface area (Å²) in [6.45, 7) is 5.31. The van der Waals surface area contributed by atoms with Crippen molar-refractivity contribution in [1.82, 2.24) is 0 Å². The molecule has 0 heterocycles. The zero-order valence-corrected chi connectivity index (χ0v) is 18.3. The first-order valence-electron chi connectivity index (χ1n) is 9.83. The van der Waals surface area contributed by atoms with Crippen LogP contribution in [0.25, 0.3) is 21.9 Å². The summed E-state index contributed by atoms with van der Waals surface area (Å²) < 4.78 is 28.6. The second kappa shape index (κ2) is 7.63. The van der Waals surface area contributed by atoms with Crippen LogP contribution in [-0.2, 0) is 10.0 Å². The van der Waals surface area contributed by atoms with Gasteiger partial charge in [0.05, 0.1) is 10.6 Å². The number of benzene rings is 4. The van der Waals surface area contributed by atoms with Crippen LogP contribution in [0, 0.1) is 20.8 Å². The molecular weight excluding hydrogens is 410 g/mol. The van der Waals surface area contributed by atoms with E-state index in [9.17, 15) is 18.6 Å². The van der Waals surface area contributed by atoms with Crippen molar-refractivity contribution < 1.29 is 18.6 Å². The number of aromatic hydroxyl groups is 2. The number of aryl methyl sites for hydroxylation is 2. The molecule has 0 amide bonds. The normalized spacial score (nSPS) is 11.6. The number of rotatable bonds is 4. The van der Waals surface area contributed by atoms with Gasteiger partial charge in [-0.05, 0) is 66.9 Å². The zero-order valence-electron chi connectivity index (χ0n) is 17.5. The van der Waals surface area contributed by atoms with E-state index in [4.69, 9.17) is 0 Å². The third kappa shape index (κ3) is 3.70. The second-order valence-corrected chi connectivity index (χ2v) is 9.37. The SMILES string of the molecule is Cc1ccc(S(=O)(=O)Nc2cc(C)c(O)c(-c3c(O)ccc4ccccc34)c2C)cc1. The fraction of sp³-hybridized carbons (Fsp3) is 0.120. The summed E-state index contributed by atoms with van der Waals surface area (Å²) in [5.41, 5.74) is 3.19. The van der Waals surface area contributed by atoms with Crippen molar-refractivity contribution in [1.29, 1.82) is 0 Å². The number of hydrogen-bond donors (Lipinski definition) is 3. The summed E-state index contributed by atoms with van der Waals surface area (Å²) in [4.78, 5) is 0.151. The van der Waals surface area contributed by atoms with E-state index in [1.165, 1.54) is 0 Å². The van der Waals surface area contributed by atoms with Gasteiger partial charge in [-0.3, -0.25) is 4.72 Å². The molecule has 4 rings (SSSR count). The number of fused-ring (bicyclic) bond motifs is 1. The Morgan fingerprint density at radius 1 is 0.806 bits per heavy atom. The lowest BCUT2D eigenvalue weighted by Crippen LogP contribution is -2.14. The molecule has 0 saturated heterocycles. The van der Waals surface area contributed by atoms with Crippen LogP contribution < -0.4 is 4.72 Å². The van der Waals surface area contributed by atoms with Gasteiger partial charge in [-0.25, -0.2) is 8.42 Å². The molecule has 0 spiro atoms. The van der Waals surface area contributed by atoms with Gasteiger partial charge in [0.1, 0.15) is 11.5 Å². The molecule has 0 radical (unpaired) electrons. The van der Waals surface area contributed by atoms with Crippen molar-refractivity contribution in [3.8, 4) is 22.6 Å². The van der Waals surface area contributed by atoms with Crippen LogP contribution >= 0.6 is 0 Å². The maximum Gasteiger partial charge on any atom is 0.261 e. The molecule has 0 saturated carbocycles. The van der Waals surface area contributed by atoms with Gasteiger partial charge in [-0.2, -0.15) is 0 Å². The smallest absolute Gasteiger partial charge is 0.261 e. The first kappa shape index (κ1) is 20.8. The van der Waals surface area contributed by atoms with Gasteiger partial charge in [0.25, 0.3) is 10.0 Å². The molecule has 4 aromatic carbocycles. The van der Waals surface area contributed by atoms with E-state index >= 15 is 0 Å². The Morgan fingerprint density at radius 2 is 1.48 bits per heavy atom. The quantitative estimate of drug-likeness (QED) is 0.363. The molecule has 0 atom stereocenters. The molecule has 3 N–H and O–H groups in total. The molecule has 0 aliphatic rings. The average Bonchev–Trinajstić information content (AvgIpc) is 2.74. The molecular formula is C25H23NO4S. The van der Waals surface area contributed by atoms with Gasteiger partial charge >= 0.3 is 0 Å². The lowest BCUT2D eigenvalue weighted by atomic mass is 9.91. The first-order valence-corrected chi connectivity index (χ1v) is 11.3. The Morgan fingerprint density at radius 3 is 2.19 bits per heavy atom. The molecule has 0 aliphatic carbocycles. The third-order valence-electron chi connectivity index (χ3n) is 5.48. The number of phenolic OH excluding ortho intramolecular Hbond substituents is 2. The fourth-order valence-corrected chi connectivity index (χ4v) is 4.87. The molecule has 0 unspecified atom stereocenters. The summed E-state index contributed by atoms with van der Waals surface area (Å²) in [5, 5.41) is 23.2. The predicted octanol–water partition coefficient (Wildman–Crippen LogP) is 5.64. The van der Waals surface area contributed by atoms with Crippen LogP contribution in [0.3, 0.4) is 0 Å². The molecule has 0 bridgehead atoms. The number of anilines is 1. The van der Waals surface area contributed by atoms with Crippen LogP contribution in [0.2, 0.25) is 0 Å². The fourth-order valence-electron chi connectivity index (χ4n) is 3.76. The Hall–Kier alpha value is -3.51. The van der Waals surface area contributed by atoms with Gasteiger partial charge in [0, 0.05) is 11.1 Å². The van der Waals surface area contributed by atoms with E-state index in [-0.39, 0.29) is 16.4 Å². The van der Waals surface area contributed by atoms with E-state index in [1.807, 2.05) is 31.2 Å². The van der Waals surface area contributed by atoms with Crippen LogP contribution in [0.4, 0.5) is 5.69 Å². The van der Waals surface area contributed by atoms with E-state index in [0.717, 1.165) is 16.3 Å². The van der Waals surface area contributed by atoms with Crippen LogP contribution in [0.5, 0.6) is 11.5 Å². The topological polar surface area (TPSA) is 86.6 Å². The maximum absolute atomic E-state index is 13.0. The largest absolute Gasteiger partial charge is 0.507 e. The maximum atomic E-state index is 13.0. The highest BCUT2D eigenvalue weighted by Gasteiger charge is 2.22. The van der Waals surface area contributed by atoms with E-state index in [2.05, 4.69) is 4.72 Å². The Balaban J connectivity index is 1.92. The number of hydrogen-bond acceptors (Lipinski definition) is 4. The van der Waals surface area contributed by atoms with Gasteiger partial charge in [-0.1, -0.05) is 48.0 Å². The van der Waals surface area contributed by atoms with Gasteiger partial charge < -0.3 is 10.2 Å². The van der Waals surface area contributed by atoms with Gasteiger partial charge in [0.2, 0.25) is 0 Å². The first-order chi connectivity index (χ1) is 14.7. The highest BCUT2D eigenvalue weighted by atomic mass is 32.2. The highest BCUT2D eigenvalue weighted by Crippen LogP contribution is 2.46. The Bertz CT molecular complexity index is 1410. The van der Waals surface area contributed by atoms with Crippen molar-refractivity contribution >= 4 is 26.5 Å². The van der Waals surface area contributed by atoms with Crippen molar-refractivity contribution in [3.05, 3.63) is 83.4 Å². The van der Waals surface area contributed by atoms with Crippen molar-refractivity contribution in [3.63, 3.8) is 0 Å². The molecule has 31 heavy (non-hydrogen) atoms. The van der Waals surface area contributed by atoms with Crippen LogP contribution in [0.1, 0.15) is 16.7 Å². The summed E-state index contributed by atoms with van der Waals surface area (Å²) in [7, 11) is -3.83. The number of sulfonamides is 1. The van der Waals surface area contributed by atoms with Crippen LogP contribution in [-0.4, -0.2) is 18.6 Å². The minimum absolute atomic E-state index is 0.00226. The Kier molecular flexibility index (Phi) is 5.11. The summed E-state index contributed by atoms with van der Waals surface area (Å²) >= 11 is 0. The lowest BCUT2D eigenvalue weighted by molar-refractivity contribution is 0.467. The standard InChI is InChI=1S/C25H23NO4S/c1-15-8-11-19(12-9-15)31(29,30)26-21-14-16(2)25(28)23(17(21)3)24-20-7-5-4-6-18(20)10-13-22(24)27/h4-14,26-28H,1-3H3. The van der Waals surface area contributed by atoms with E-state index in [0.29, 0.717) is 27.9 Å². The van der Waals surface area contributed by atoms with Crippen molar-refractivity contribution in [2.24, 2.45) is 0 Å². The zero-order chi connectivity index (χ0) is 22.3.